The van der Waals surface area contributed by atoms with E-state index in [1.54, 1.807) is 20.8 Å². The van der Waals surface area contributed by atoms with Crippen LogP contribution in [0, 0.1) is 34.5 Å². The molecule has 1 N–H and O–H groups in total. The van der Waals surface area contributed by atoms with Gasteiger partial charge in [0.2, 0.25) is 0 Å². The Balaban J connectivity index is 4.60. The van der Waals surface area contributed by atoms with Crippen LogP contribution in [-0.4, -0.2) is 24.3 Å². The van der Waals surface area contributed by atoms with Gasteiger partial charge in [-0.25, -0.2) is 0 Å². The molecule has 17 heavy (non-hydrogen) atoms. The highest BCUT2D eigenvalue weighted by Crippen LogP contribution is 2.42. The van der Waals surface area contributed by atoms with E-state index in [9.17, 15) is 15.2 Å². The summed E-state index contributed by atoms with van der Waals surface area (Å²) in [5.41, 5.74) is -2.01. The van der Waals surface area contributed by atoms with Gasteiger partial charge < -0.3 is 9.84 Å². The molecule has 0 amide bonds. The van der Waals surface area contributed by atoms with Crippen LogP contribution in [0.4, 0.5) is 0 Å². The van der Waals surface area contributed by atoms with E-state index in [4.69, 9.17) is 11.2 Å². The fraction of sp³-hybridized carbons (Fsp3) is 0.692. The van der Waals surface area contributed by atoms with Crippen LogP contribution < -0.4 is 0 Å². The molecule has 94 valence electrons. The van der Waals surface area contributed by atoms with Crippen LogP contribution >= 0.6 is 0 Å². The summed E-state index contributed by atoms with van der Waals surface area (Å²) < 4.78 is 5.08. The monoisotopic (exact) mass is 237 g/mol. The molecule has 0 bridgehead atoms. The van der Waals surface area contributed by atoms with Crippen molar-refractivity contribution in [1.29, 1.82) is 5.26 Å². The first-order valence-corrected chi connectivity index (χ1v) is 5.47. The van der Waals surface area contributed by atoms with Crippen molar-refractivity contribution in [2.75, 3.05) is 13.2 Å². The van der Waals surface area contributed by atoms with Crippen molar-refractivity contribution in [3.05, 3.63) is 0 Å². The smallest absolute Gasteiger partial charge is 0.324 e. The van der Waals surface area contributed by atoms with Crippen molar-refractivity contribution < 1.29 is 14.6 Å². The first-order chi connectivity index (χ1) is 7.81. The number of nitrogens with zero attached hydrogens (tertiary/aromatic N) is 1. The summed E-state index contributed by atoms with van der Waals surface area (Å²) in [6.07, 6.45) is 5.77. The molecule has 0 aliphatic rings. The minimum Gasteiger partial charge on any atom is -0.480 e. The molecule has 0 aliphatic heterocycles. The van der Waals surface area contributed by atoms with Gasteiger partial charge in [-0.05, 0) is 18.3 Å². The van der Waals surface area contributed by atoms with E-state index in [1.807, 2.05) is 6.07 Å². The molecule has 4 nitrogen and oxygen atoms in total. The molecule has 0 aliphatic carbocycles. The van der Waals surface area contributed by atoms with Gasteiger partial charge in [0, 0.05) is 6.61 Å². The zero-order chi connectivity index (χ0) is 13.5. The molecule has 0 aromatic rings. The molecule has 0 saturated carbocycles. The van der Waals surface area contributed by atoms with Crippen molar-refractivity contribution in [2.45, 2.75) is 33.6 Å². The molecular weight excluding hydrogens is 218 g/mol. The highest BCUT2D eigenvalue weighted by atomic mass is 16.5. The molecule has 0 aromatic carbocycles. The van der Waals surface area contributed by atoms with Crippen LogP contribution in [0.3, 0.4) is 0 Å². The third-order valence-electron chi connectivity index (χ3n) is 2.86. The summed E-state index contributed by atoms with van der Waals surface area (Å²) >= 11 is 0. The normalized spacial score (nSPS) is 14.4. The van der Waals surface area contributed by atoms with Crippen molar-refractivity contribution in [3.63, 3.8) is 0 Å². The molecule has 0 saturated heterocycles. The van der Waals surface area contributed by atoms with Crippen LogP contribution in [-0.2, 0) is 9.53 Å². The summed E-state index contributed by atoms with van der Waals surface area (Å²) in [4.78, 5) is 11.3. The molecule has 1 unspecified atom stereocenters. The van der Waals surface area contributed by atoms with E-state index < -0.39 is 16.8 Å². The van der Waals surface area contributed by atoms with E-state index in [1.165, 1.54) is 0 Å². The first kappa shape index (κ1) is 15.5. The van der Waals surface area contributed by atoms with Crippen LogP contribution in [0.15, 0.2) is 0 Å². The summed E-state index contributed by atoms with van der Waals surface area (Å²) in [6.45, 7) is 5.85. The summed E-state index contributed by atoms with van der Waals surface area (Å²) in [5.74, 6) is 1.25. The van der Waals surface area contributed by atoms with Crippen molar-refractivity contribution >= 4 is 5.97 Å². The maximum Gasteiger partial charge on any atom is 0.324 e. The molecule has 1 atom stereocenters. The lowest BCUT2D eigenvalue weighted by Crippen LogP contribution is -2.42. The predicted molar refractivity (Wildman–Crippen MR) is 64.0 cm³/mol. The first-order valence-electron chi connectivity index (χ1n) is 5.47. The van der Waals surface area contributed by atoms with Crippen molar-refractivity contribution in [3.8, 4) is 18.4 Å². The highest BCUT2D eigenvalue weighted by molar-refractivity contribution is 5.79. The zero-order valence-corrected chi connectivity index (χ0v) is 10.6. The maximum absolute atomic E-state index is 11.3. The Hall–Kier alpha value is -1.52. The van der Waals surface area contributed by atoms with Crippen LogP contribution in [0.1, 0.15) is 33.6 Å². The summed E-state index contributed by atoms with van der Waals surface area (Å²) in [7, 11) is 0. The third kappa shape index (κ3) is 3.76. The molecule has 0 radical (unpaired) electrons. The second-order valence-electron chi connectivity index (χ2n) is 4.93. The van der Waals surface area contributed by atoms with Gasteiger partial charge in [-0.1, -0.05) is 26.7 Å². The molecule has 0 fully saturated rings. The number of terminal acetylenes is 1. The highest BCUT2D eigenvalue weighted by Gasteiger charge is 2.48. The van der Waals surface area contributed by atoms with Crippen LogP contribution in [0.25, 0.3) is 0 Å². The average molecular weight is 237 g/mol. The molecule has 0 rings (SSSR count). The lowest BCUT2D eigenvalue weighted by Gasteiger charge is -2.35. The van der Waals surface area contributed by atoms with Crippen LogP contribution in [0.5, 0.6) is 0 Å². The lowest BCUT2D eigenvalue weighted by molar-refractivity contribution is -0.151. The average Bonchev–Trinajstić information content (AvgIpc) is 2.21. The third-order valence-corrected chi connectivity index (χ3v) is 2.86. The second-order valence-corrected chi connectivity index (χ2v) is 4.93. The molecule has 0 spiro atoms. The van der Waals surface area contributed by atoms with Gasteiger partial charge in [0.25, 0.3) is 0 Å². The second kappa shape index (κ2) is 6.27. The predicted octanol–water partition coefficient (Wildman–Crippen LogP) is 2.06. The van der Waals surface area contributed by atoms with Crippen LogP contribution in [0.2, 0.25) is 0 Å². The number of hydrogen-bond donors (Lipinski definition) is 1. The van der Waals surface area contributed by atoms with Gasteiger partial charge in [-0.3, -0.25) is 4.79 Å². The Morgan fingerprint density at radius 1 is 1.47 bits per heavy atom. The number of rotatable bonds is 6. The topological polar surface area (TPSA) is 70.3 Å². The Morgan fingerprint density at radius 2 is 2.06 bits per heavy atom. The molecule has 4 heteroatoms. The number of aliphatic carboxylic acids is 1. The zero-order valence-electron chi connectivity index (χ0n) is 10.6. The number of hydrogen-bond acceptors (Lipinski definition) is 3. The number of carboxylic acid groups (broad SMARTS) is 1. The largest absolute Gasteiger partial charge is 0.480 e. The summed E-state index contributed by atoms with van der Waals surface area (Å²) in [5, 5.41) is 18.4. The van der Waals surface area contributed by atoms with E-state index in [2.05, 4.69) is 5.92 Å². The van der Waals surface area contributed by atoms with E-state index >= 15 is 0 Å². The maximum atomic E-state index is 11.3. The van der Waals surface area contributed by atoms with E-state index in [0.29, 0.717) is 13.0 Å². The molecule has 0 heterocycles. The van der Waals surface area contributed by atoms with Gasteiger partial charge in [0.05, 0.1) is 6.07 Å². The van der Waals surface area contributed by atoms with Crippen molar-refractivity contribution in [2.24, 2.45) is 10.8 Å². The Labute approximate surface area is 103 Å². The van der Waals surface area contributed by atoms with Gasteiger partial charge >= 0.3 is 5.97 Å². The Bertz CT molecular complexity index is 343. The van der Waals surface area contributed by atoms with E-state index in [0.717, 1.165) is 0 Å². The molecular formula is C13H19NO3. The number of carboxylic acids is 1. The fourth-order valence-electron chi connectivity index (χ4n) is 1.64. The minimum atomic E-state index is -1.38. The number of nitriles is 1. The quantitative estimate of drug-likeness (QED) is 0.567. The number of ether oxygens (including phenoxy) is 1. The van der Waals surface area contributed by atoms with Gasteiger partial charge in [0.15, 0.2) is 5.41 Å². The van der Waals surface area contributed by atoms with Gasteiger partial charge in [-0.15, -0.1) is 6.42 Å². The SMILES string of the molecule is C#CCOCCCC(C#N)(C(=O)O)C(C)(C)C. The standard InChI is InChI=1S/C13H19NO3/c1-5-8-17-9-6-7-13(10-14,11(15)16)12(2,3)4/h1H,6-9H2,2-4H3,(H,15,16). The fourth-order valence-corrected chi connectivity index (χ4v) is 1.64. The summed E-state index contributed by atoms with van der Waals surface area (Å²) in [6, 6.07) is 1.95. The van der Waals surface area contributed by atoms with Gasteiger partial charge in [-0.2, -0.15) is 5.26 Å². The Morgan fingerprint density at radius 3 is 2.41 bits per heavy atom. The minimum absolute atomic E-state index is 0.210. The lowest BCUT2D eigenvalue weighted by atomic mass is 9.65. The van der Waals surface area contributed by atoms with Gasteiger partial charge in [0.1, 0.15) is 6.61 Å². The Kier molecular flexibility index (Phi) is 5.71. The van der Waals surface area contributed by atoms with Crippen molar-refractivity contribution in [1.82, 2.24) is 0 Å². The molecule has 0 aromatic heterocycles. The number of carbonyl (C=O) groups is 1. The van der Waals surface area contributed by atoms with E-state index in [-0.39, 0.29) is 13.0 Å².